The van der Waals surface area contributed by atoms with Gasteiger partial charge in [-0.2, -0.15) is 9.40 Å². The monoisotopic (exact) mass is 525 g/mol. The molecule has 0 saturated heterocycles. The molecule has 0 aliphatic heterocycles. The zero-order valence-corrected chi connectivity index (χ0v) is 22.1. The number of nitrogens with zero attached hydrogens (tertiary/aromatic N) is 4. The minimum absolute atomic E-state index is 0.00380. The number of rotatable bonds is 8. The molecule has 0 unspecified atom stereocenters. The molecular formula is C26H28FN5O4S. The van der Waals surface area contributed by atoms with Crippen molar-refractivity contribution in [3.05, 3.63) is 71.4 Å². The first-order valence-corrected chi connectivity index (χ1v) is 13.2. The summed E-state index contributed by atoms with van der Waals surface area (Å²) in [5.41, 5.74) is 2.47. The molecule has 194 valence electrons. The maximum Gasteiger partial charge on any atom is 0.276 e. The number of carbonyl (C=O) groups excluding carboxylic acids is 1. The van der Waals surface area contributed by atoms with Crippen LogP contribution in [0, 0.1) is 19.7 Å². The number of methoxy groups -OCH3 is 1. The van der Waals surface area contributed by atoms with E-state index in [0.717, 1.165) is 5.69 Å². The van der Waals surface area contributed by atoms with Gasteiger partial charge in [0.05, 0.1) is 18.4 Å². The maximum absolute atomic E-state index is 14.3. The van der Waals surface area contributed by atoms with Crippen LogP contribution in [-0.2, 0) is 10.0 Å². The Kier molecular flexibility index (Phi) is 7.28. The number of amides is 1. The van der Waals surface area contributed by atoms with Gasteiger partial charge in [0.1, 0.15) is 16.5 Å². The molecule has 0 aliphatic carbocycles. The Balaban J connectivity index is 1.97. The first-order chi connectivity index (χ1) is 17.6. The number of para-hydroxylation sites is 1. The molecule has 0 aliphatic rings. The van der Waals surface area contributed by atoms with Crippen LogP contribution in [0.15, 0.2) is 53.4 Å². The van der Waals surface area contributed by atoms with Crippen LogP contribution in [0.2, 0.25) is 0 Å². The molecule has 37 heavy (non-hydrogen) atoms. The van der Waals surface area contributed by atoms with E-state index in [0.29, 0.717) is 22.5 Å². The summed E-state index contributed by atoms with van der Waals surface area (Å²) in [6.45, 7) is 7.69. The molecule has 0 radical (unpaired) electrons. The van der Waals surface area contributed by atoms with E-state index in [9.17, 15) is 17.6 Å². The largest absolute Gasteiger partial charge is 0.495 e. The summed E-state index contributed by atoms with van der Waals surface area (Å²) < 4.78 is 49.4. The molecule has 2 aromatic heterocycles. The fourth-order valence-corrected chi connectivity index (χ4v) is 5.87. The topological polar surface area (TPSA) is 106 Å². The maximum atomic E-state index is 14.3. The van der Waals surface area contributed by atoms with Crippen molar-refractivity contribution in [3.63, 3.8) is 0 Å². The van der Waals surface area contributed by atoms with Gasteiger partial charge in [0, 0.05) is 24.5 Å². The van der Waals surface area contributed by atoms with Gasteiger partial charge in [-0.25, -0.2) is 22.3 Å². The highest BCUT2D eigenvalue weighted by Gasteiger charge is 2.29. The van der Waals surface area contributed by atoms with Gasteiger partial charge in [-0.1, -0.05) is 32.0 Å². The summed E-state index contributed by atoms with van der Waals surface area (Å²) in [5.74, 6) is -1.08. The highest BCUT2D eigenvalue weighted by molar-refractivity contribution is 7.89. The molecule has 0 saturated carbocycles. The van der Waals surface area contributed by atoms with Crippen molar-refractivity contribution in [2.45, 2.75) is 32.6 Å². The SMILES string of the molecule is CCN(CC)S(=O)(=O)c1cc(-c2c(C(=O)Nc3ccccc3F)nn3c(C)cc(C)nc23)ccc1OC. The second kappa shape index (κ2) is 10.3. The lowest BCUT2D eigenvalue weighted by molar-refractivity contribution is 0.102. The molecule has 4 rings (SSSR count). The Labute approximate surface area is 215 Å². The number of aromatic nitrogens is 3. The third-order valence-corrected chi connectivity index (χ3v) is 8.08. The van der Waals surface area contributed by atoms with E-state index in [1.165, 1.54) is 46.3 Å². The second-order valence-electron chi connectivity index (χ2n) is 8.39. The quantitative estimate of drug-likeness (QED) is 0.365. The second-order valence-corrected chi connectivity index (χ2v) is 10.3. The van der Waals surface area contributed by atoms with Crippen molar-refractivity contribution in [2.24, 2.45) is 0 Å². The lowest BCUT2D eigenvalue weighted by Gasteiger charge is -2.20. The average molecular weight is 526 g/mol. The number of anilines is 1. The van der Waals surface area contributed by atoms with Crippen LogP contribution in [0.5, 0.6) is 5.75 Å². The lowest BCUT2D eigenvalue weighted by Crippen LogP contribution is -2.30. The third kappa shape index (κ3) is 4.79. The predicted octanol–water partition coefficient (Wildman–Crippen LogP) is 4.44. The van der Waals surface area contributed by atoms with Gasteiger partial charge in [0.2, 0.25) is 10.0 Å². The van der Waals surface area contributed by atoms with Crippen LogP contribution >= 0.6 is 0 Å². The normalized spacial score (nSPS) is 11.8. The molecule has 0 atom stereocenters. The van der Waals surface area contributed by atoms with Gasteiger partial charge < -0.3 is 10.1 Å². The minimum Gasteiger partial charge on any atom is -0.495 e. The summed E-state index contributed by atoms with van der Waals surface area (Å²) in [6.07, 6.45) is 0. The Morgan fingerprint density at radius 2 is 1.81 bits per heavy atom. The molecule has 2 heterocycles. The number of ether oxygens (including phenoxy) is 1. The van der Waals surface area contributed by atoms with E-state index in [2.05, 4.69) is 15.4 Å². The number of nitrogens with one attached hydrogen (secondary N) is 1. The number of sulfonamides is 1. The van der Waals surface area contributed by atoms with Crippen molar-refractivity contribution >= 4 is 27.3 Å². The van der Waals surface area contributed by atoms with Crippen LogP contribution in [0.1, 0.15) is 35.7 Å². The van der Waals surface area contributed by atoms with E-state index in [1.54, 1.807) is 26.0 Å². The summed E-state index contributed by atoms with van der Waals surface area (Å²) in [7, 11) is -2.51. The standard InChI is InChI=1S/C26H28FN5O4S/c1-6-31(7-2)37(34,35)22-15-18(12-13-21(22)36-5)23-24(26(33)29-20-11-9-8-10-19(20)27)30-32-17(4)14-16(3)28-25(23)32/h8-15H,6-7H2,1-5H3,(H,29,33). The zero-order valence-electron chi connectivity index (χ0n) is 21.2. The van der Waals surface area contributed by atoms with Gasteiger partial charge in [0.15, 0.2) is 11.3 Å². The predicted molar refractivity (Wildman–Crippen MR) is 139 cm³/mol. The number of carbonyl (C=O) groups is 1. The Morgan fingerprint density at radius 1 is 1.11 bits per heavy atom. The Hall–Kier alpha value is -3.83. The van der Waals surface area contributed by atoms with Crippen LogP contribution in [-0.4, -0.2) is 53.4 Å². The third-order valence-electron chi connectivity index (χ3n) is 6.01. The van der Waals surface area contributed by atoms with Gasteiger partial charge in [-0.15, -0.1) is 0 Å². The first kappa shape index (κ1) is 26.2. The fourth-order valence-electron chi connectivity index (χ4n) is 4.23. The number of fused-ring (bicyclic) bond motifs is 1. The molecule has 1 amide bonds. The summed E-state index contributed by atoms with van der Waals surface area (Å²) in [6, 6.07) is 12.3. The Bertz CT molecular complexity index is 1600. The molecule has 4 aromatic rings. The lowest BCUT2D eigenvalue weighted by atomic mass is 10.0. The van der Waals surface area contributed by atoms with Crippen LogP contribution in [0.3, 0.4) is 0 Å². The number of hydrogen-bond donors (Lipinski definition) is 1. The molecule has 0 fully saturated rings. The number of hydrogen-bond acceptors (Lipinski definition) is 6. The van der Waals surface area contributed by atoms with E-state index in [1.807, 2.05) is 19.9 Å². The van der Waals surface area contributed by atoms with Crippen molar-refractivity contribution in [2.75, 3.05) is 25.5 Å². The molecule has 1 N–H and O–H groups in total. The molecular weight excluding hydrogens is 497 g/mol. The van der Waals surface area contributed by atoms with E-state index >= 15 is 0 Å². The highest BCUT2D eigenvalue weighted by Crippen LogP contribution is 2.35. The average Bonchev–Trinajstić information content (AvgIpc) is 3.25. The number of halogens is 1. The highest BCUT2D eigenvalue weighted by atomic mass is 32.2. The number of benzene rings is 2. The minimum atomic E-state index is -3.90. The molecule has 11 heteroatoms. The van der Waals surface area contributed by atoms with Crippen molar-refractivity contribution < 1.29 is 22.3 Å². The summed E-state index contributed by atoms with van der Waals surface area (Å²) >= 11 is 0. The van der Waals surface area contributed by atoms with Crippen molar-refractivity contribution in [1.82, 2.24) is 18.9 Å². The van der Waals surface area contributed by atoms with Crippen molar-refractivity contribution in [1.29, 1.82) is 0 Å². The molecule has 9 nitrogen and oxygen atoms in total. The van der Waals surface area contributed by atoms with Crippen LogP contribution < -0.4 is 10.1 Å². The Morgan fingerprint density at radius 3 is 2.46 bits per heavy atom. The van der Waals surface area contributed by atoms with Crippen molar-refractivity contribution in [3.8, 4) is 16.9 Å². The van der Waals surface area contributed by atoms with E-state index < -0.39 is 21.7 Å². The summed E-state index contributed by atoms with van der Waals surface area (Å²) in [5, 5.41) is 7.05. The van der Waals surface area contributed by atoms with Crippen LogP contribution in [0.4, 0.5) is 10.1 Å². The number of aryl methyl sites for hydroxylation is 2. The first-order valence-electron chi connectivity index (χ1n) is 11.7. The summed E-state index contributed by atoms with van der Waals surface area (Å²) in [4.78, 5) is 18.0. The molecule has 0 bridgehead atoms. The van der Waals surface area contributed by atoms with Gasteiger partial charge in [-0.3, -0.25) is 4.79 Å². The molecule has 0 spiro atoms. The zero-order chi connectivity index (χ0) is 26.9. The van der Waals surface area contributed by atoms with Crippen LogP contribution in [0.25, 0.3) is 16.8 Å². The van der Waals surface area contributed by atoms with Gasteiger partial charge in [0.25, 0.3) is 5.91 Å². The smallest absolute Gasteiger partial charge is 0.276 e. The fraction of sp³-hybridized carbons (Fsp3) is 0.269. The van der Waals surface area contributed by atoms with Gasteiger partial charge in [-0.05, 0) is 49.7 Å². The van der Waals surface area contributed by atoms with E-state index in [-0.39, 0.29) is 35.1 Å². The van der Waals surface area contributed by atoms with Gasteiger partial charge >= 0.3 is 0 Å². The molecule has 2 aromatic carbocycles. The van der Waals surface area contributed by atoms with E-state index in [4.69, 9.17) is 4.74 Å².